The third-order valence-corrected chi connectivity index (χ3v) is 2.43. The SMILES string of the molecule is NCc1cnc2sccc2c1. The Morgan fingerprint density at radius 1 is 1.55 bits per heavy atom. The summed E-state index contributed by atoms with van der Waals surface area (Å²) in [6.45, 7) is 0.568. The molecule has 2 aromatic rings. The van der Waals surface area contributed by atoms with Crippen molar-refractivity contribution < 1.29 is 0 Å². The van der Waals surface area contributed by atoms with Gasteiger partial charge in [-0.3, -0.25) is 0 Å². The van der Waals surface area contributed by atoms with Gasteiger partial charge in [0.1, 0.15) is 4.83 Å². The molecule has 0 fully saturated rings. The van der Waals surface area contributed by atoms with Crippen LogP contribution in [0.3, 0.4) is 0 Å². The summed E-state index contributed by atoms with van der Waals surface area (Å²) in [6.07, 6.45) is 1.83. The highest BCUT2D eigenvalue weighted by Crippen LogP contribution is 2.18. The minimum absolute atomic E-state index is 0.568. The van der Waals surface area contributed by atoms with E-state index in [1.54, 1.807) is 11.3 Å². The van der Waals surface area contributed by atoms with Crippen molar-refractivity contribution in [3.8, 4) is 0 Å². The molecule has 0 radical (unpaired) electrons. The van der Waals surface area contributed by atoms with E-state index in [0.29, 0.717) is 6.54 Å². The van der Waals surface area contributed by atoms with Crippen molar-refractivity contribution in [2.45, 2.75) is 6.54 Å². The van der Waals surface area contributed by atoms with Crippen molar-refractivity contribution in [2.75, 3.05) is 0 Å². The number of nitrogens with two attached hydrogens (primary N) is 1. The average molecular weight is 164 g/mol. The van der Waals surface area contributed by atoms with Crippen LogP contribution in [0.1, 0.15) is 5.56 Å². The molecule has 2 N–H and O–H groups in total. The monoisotopic (exact) mass is 164 g/mol. The highest BCUT2D eigenvalue weighted by Gasteiger charge is 1.95. The van der Waals surface area contributed by atoms with Crippen LogP contribution in [0.25, 0.3) is 10.2 Å². The quantitative estimate of drug-likeness (QED) is 0.697. The normalized spacial score (nSPS) is 10.6. The van der Waals surface area contributed by atoms with Gasteiger partial charge in [-0.25, -0.2) is 4.98 Å². The van der Waals surface area contributed by atoms with Gasteiger partial charge in [-0.1, -0.05) is 0 Å². The molecule has 0 aromatic carbocycles. The van der Waals surface area contributed by atoms with E-state index in [1.165, 1.54) is 5.39 Å². The molecule has 0 spiro atoms. The van der Waals surface area contributed by atoms with E-state index in [9.17, 15) is 0 Å². The van der Waals surface area contributed by atoms with Crippen LogP contribution < -0.4 is 5.73 Å². The summed E-state index contributed by atoms with van der Waals surface area (Å²) in [4.78, 5) is 5.34. The summed E-state index contributed by atoms with van der Waals surface area (Å²) in [5.74, 6) is 0. The molecule has 11 heavy (non-hydrogen) atoms. The summed E-state index contributed by atoms with van der Waals surface area (Å²) in [5.41, 5.74) is 6.57. The zero-order chi connectivity index (χ0) is 7.68. The average Bonchev–Trinajstić information content (AvgIpc) is 2.50. The van der Waals surface area contributed by atoms with Gasteiger partial charge in [-0.15, -0.1) is 11.3 Å². The Bertz CT molecular complexity index is 367. The Morgan fingerprint density at radius 3 is 3.27 bits per heavy atom. The van der Waals surface area contributed by atoms with Crippen molar-refractivity contribution in [1.29, 1.82) is 0 Å². The Kier molecular flexibility index (Phi) is 1.60. The molecule has 3 heteroatoms. The maximum atomic E-state index is 5.47. The van der Waals surface area contributed by atoms with Gasteiger partial charge in [-0.2, -0.15) is 0 Å². The van der Waals surface area contributed by atoms with Crippen LogP contribution in [-0.4, -0.2) is 4.98 Å². The van der Waals surface area contributed by atoms with E-state index in [2.05, 4.69) is 17.1 Å². The second-order valence-electron chi connectivity index (χ2n) is 2.36. The highest BCUT2D eigenvalue weighted by atomic mass is 32.1. The van der Waals surface area contributed by atoms with Crippen molar-refractivity contribution >= 4 is 21.6 Å². The Hall–Kier alpha value is -0.930. The van der Waals surface area contributed by atoms with Crippen LogP contribution in [0, 0.1) is 0 Å². The van der Waals surface area contributed by atoms with Gasteiger partial charge in [0.15, 0.2) is 0 Å². The van der Waals surface area contributed by atoms with E-state index >= 15 is 0 Å². The second kappa shape index (κ2) is 2.60. The number of nitrogens with zero attached hydrogens (tertiary/aromatic N) is 1. The predicted octanol–water partition coefficient (Wildman–Crippen LogP) is 1.75. The fourth-order valence-corrected chi connectivity index (χ4v) is 1.74. The summed E-state index contributed by atoms with van der Waals surface area (Å²) in [6, 6.07) is 4.14. The number of pyridine rings is 1. The Morgan fingerprint density at radius 2 is 2.45 bits per heavy atom. The Balaban J connectivity index is 2.67. The molecule has 2 rings (SSSR count). The van der Waals surface area contributed by atoms with Crippen LogP contribution in [-0.2, 0) is 6.54 Å². The lowest BCUT2D eigenvalue weighted by molar-refractivity contribution is 1.06. The zero-order valence-electron chi connectivity index (χ0n) is 5.95. The first-order valence-electron chi connectivity index (χ1n) is 3.42. The predicted molar refractivity (Wildman–Crippen MR) is 47.5 cm³/mol. The van der Waals surface area contributed by atoms with Gasteiger partial charge in [0.05, 0.1) is 0 Å². The fraction of sp³-hybridized carbons (Fsp3) is 0.125. The van der Waals surface area contributed by atoms with Gasteiger partial charge in [-0.05, 0) is 23.1 Å². The molecule has 56 valence electrons. The van der Waals surface area contributed by atoms with Gasteiger partial charge in [0.25, 0.3) is 0 Å². The smallest absolute Gasteiger partial charge is 0.123 e. The molecule has 0 saturated heterocycles. The molecule has 0 unspecified atom stereocenters. The Labute approximate surface area is 68.7 Å². The molecule has 0 aliphatic rings. The van der Waals surface area contributed by atoms with Crippen molar-refractivity contribution in [1.82, 2.24) is 4.98 Å². The molecule has 2 nitrogen and oxygen atoms in total. The molecular formula is C8H8N2S. The standard InChI is InChI=1S/C8H8N2S/c9-4-6-3-7-1-2-11-8(7)10-5-6/h1-3,5H,4,9H2. The van der Waals surface area contributed by atoms with Gasteiger partial charge in [0.2, 0.25) is 0 Å². The number of rotatable bonds is 1. The summed E-state index contributed by atoms with van der Waals surface area (Å²) >= 11 is 1.65. The molecular weight excluding hydrogens is 156 g/mol. The van der Waals surface area contributed by atoms with Crippen LogP contribution in [0.5, 0.6) is 0 Å². The number of hydrogen-bond donors (Lipinski definition) is 1. The van der Waals surface area contributed by atoms with Crippen molar-refractivity contribution in [3.63, 3.8) is 0 Å². The molecule has 0 saturated carbocycles. The van der Waals surface area contributed by atoms with E-state index in [0.717, 1.165) is 10.4 Å². The summed E-state index contributed by atoms with van der Waals surface area (Å²) in [5, 5.41) is 3.23. The number of hydrogen-bond acceptors (Lipinski definition) is 3. The molecule has 0 aliphatic heterocycles. The molecule has 0 amide bonds. The number of aromatic nitrogens is 1. The van der Waals surface area contributed by atoms with E-state index in [4.69, 9.17) is 5.73 Å². The van der Waals surface area contributed by atoms with Crippen LogP contribution in [0.4, 0.5) is 0 Å². The van der Waals surface area contributed by atoms with Gasteiger partial charge in [0, 0.05) is 18.1 Å². The maximum Gasteiger partial charge on any atom is 0.123 e. The minimum Gasteiger partial charge on any atom is -0.326 e. The molecule has 0 atom stereocenters. The molecule has 0 bridgehead atoms. The van der Waals surface area contributed by atoms with Gasteiger partial charge < -0.3 is 5.73 Å². The first kappa shape index (κ1) is 6.76. The summed E-state index contributed by atoms with van der Waals surface area (Å²) in [7, 11) is 0. The lowest BCUT2D eigenvalue weighted by Crippen LogP contribution is -1.95. The molecule has 2 heterocycles. The highest BCUT2D eigenvalue weighted by molar-refractivity contribution is 7.16. The minimum atomic E-state index is 0.568. The molecule has 2 aromatic heterocycles. The van der Waals surface area contributed by atoms with Crippen molar-refractivity contribution in [2.24, 2.45) is 5.73 Å². The van der Waals surface area contributed by atoms with E-state index in [1.807, 2.05) is 11.6 Å². The van der Waals surface area contributed by atoms with E-state index < -0.39 is 0 Å². The van der Waals surface area contributed by atoms with Gasteiger partial charge >= 0.3 is 0 Å². The molecule has 0 aliphatic carbocycles. The summed E-state index contributed by atoms with van der Waals surface area (Å²) < 4.78 is 0. The lowest BCUT2D eigenvalue weighted by atomic mass is 10.2. The second-order valence-corrected chi connectivity index (χ2v) is 3.26. The lowest BCUT2D eigenvalue weighted by Gasteiger charge is -1.93. The number of fused-ring (bicyclic) bond motifs is 1. The fourth-order valence-electron chi connectivity index (χ4n) is 1.02. The topological polar surface area (TPSA) is 38.9 Å². The van der Waals surface area contributed by atoms with Crippen LogP contribution in [0.2, 0.25) is 0 Å². The third-order valence-electron chi connectivity index (χ3n) is 1.60. The first-order valence-corrected chi connectivity index (χ1v) is 4.30. The largest absolute Gasteiger partial charge is 0.326 e. The van der Waals surface area contributed by atoms with E-state index in [-0.39, 0.29) is 0 Å². The van der Waals surface area contributed by atoms with Crippen molar-refractivity contribution in [3.05, 3.63) is 29.3 Å². The first-order chi connectivity index (χ1) is 5.40. The van der Waals surface area contributed by atoms with Crippen LogP contribution >= 0.6 is 11.3 Å². The third kappa shape index (κ3) is 1.13. The maximum absolute atomic E-state index is 5.47. The van der Waals surface area contributed by atoms with Crippen LogP contribution in [0.15, 0.2) is 23.7 Å². The zero-order valence-corrected chi connectivity index (χ0v) is 6.77. The number of thiophene rings is 1.